The maximum absolute atomic E-state index is 12.2. The summed E-state index contributed by atoms with van der Waals surface area (Å²) in [6, 6.07) is 0. The number of carbonyl (C=O) groups excluding carboxylic acids is 1. The van der Waals surface area contributed by atoms with E-state index in [4.69, 9.17) is 0 Å². The summed E-state index contributed by atoms with van der Waals surface area (Å²) >= 11 is 0. The molecule has 4 heteroatoms. The molecule has 0 atom stereocenters. The summed E-state index contributed by atoms with van der Waals surface area (Å²) in [5, 5.41) is 9.47. The van der Waals surface area contributed by atoms with Gasteiger partial charge in [0.1, 0.15) is 0 Å². The summed E-state index contributed by atoms with van der Waals surface area (Å²) < 4.78 is 0. The third kappa shape index (κ3) is 4.51. The molecule has 0 radical (unpaired) electrons. The summed E-state index contributed by atoms with van der Waals surface area (Å²) in [4.78, 5) is 25.4. The molecular formula is C15H27NO3. The third-order valence-electron chi connectivity index (χ3n) is 4.22. The highest BCUT2D eigenvalue weighted by Crippen LogP contribution is 2.40. The Bertz CT molecular complexity index is 319. The van der Waals surface area contributed by atoms with Gasteiger partial charge in [0.2, 0.25) is 5.91 Å². The lowest BCUT2D eigenvalue weighted by molar-refractivity contribution is -0.155. The van der Waals surface area contributed by atoms with E-state index in [1.165, 1.54) is 0 Å². The van der Waals surface area contributed by atoms with E-state index >= 15 is 0 Å². The van der Waals surface area contributed by atoms with Crippen molar-refractivity contribution in [1.82, 2.24) is 4.90 Å². The van der Waals surface area contributed by atoms with Crippen LogP contribution in [0.2, 0.25) is 0 Å². The number of aliphatic carboxylic acids is 1. The fraction of sp³-hybridized carbons (Fsp3) is 0.867. The van der Waals surface area contributed by atoms with Gasteiger partial charge in [-0.3, -0.25) is 9.59 Å². The zero-order chi connectivity index (χ0) is 14.5. The fourth-order valence-electron chi connectivity index (χ4n) is 2.70. The van der Waals surface area contributed by atoms with E-state index in [-0.39, 0.29) is 12.3 Å². The fourth-order valence-corrected chi connectivity index (χ4v) is 2.70. The van der Waals surface area contributed by atoms with Gasteiger partial charge >= 0.3 is 5.97 Å². The molecule has 0 spiro atoms. The Morgan fingerprint density at radius 2 is 1.79 bits per heavy atom. The Balaban J connectivity index is 2.58. The largest absolute Gasteiger partial charge is 0.481 e. The SMILES string of the molecule is CC(C)CCN(C)C(=O)CC1(C(=O)O)CCCCC1. The molecule has 0 aliphatic heterocycles. The minimum absolute atomic E-state index is 0.0232. The number of carboxylic acids is 1. The van der Waals surface area contributed by atoms with Crippen LogP contribution in [0.25, 0.3) is 0 Å². The van der Waals surface area contributed by atoms with Crippen molar-refractivity contribution in [3.05, 3.63) is 0 Å². The lowest BCUT2D eigenvalue weighted by Gasteiger charge is -2.34. The summed E-state index contributed by atoms with van der Waals surface area (Å²) in [5.74, 6) is -0.263. The van der Waals surface area contributed by atoms with Crippen LogP contribution in [0.1, 0.15) is 58.8 Å². The van der Waals surface area contributed by atoms with Gasteiger partial charge in [-0.15, -0.1) is 0 Å². The highest BCUT2D eigenvalue weighted by atomic mass is 16.4. The predicted molar refractivity (Wildman–Crippen MR) is 74.9 cm³/mol. The molecule has 110 valence electrons. The Morgan fingerprint density at radius 1 is 1.21 bits per heavy atom. The van der Waals surface area contributed by atoms with Crippen LogP contribution in [0.5, 0.6) is 0 Å². The first kappa shape index (κ1) is 16.0. The van der Waals surface area contributed by atoms with E-state index < -0.39 is 11.4 Å². The minimum atomic E-state index is -0.804. The van der Waals surface area contributed by atoms with Crippen molar-refractivity contribution < 1.29 is 14.7 Å². The van der Waals surface area contributed by atoms with Crippen molar-refractivity contribution >= 4 is 11.9 Å². The van der Waals surface area contributed by atoms with Crippen LogP contribution in [-0.4, -0.2) is 35.5 Å². The number of nitrogens with zero attached hydrogens (tertiary/aromatic N) is 1. The van der Waals surface area contributed by atoms with Gasteiger partial charge in [-0.25, -0.2) is 0 Å². The van der Waals surface area contributed by atoms with E-state index in [0.717, 1.165) is 25.7 Å². The van der Waals surface area contributed by atoms with Crippen LogP contribution in [0, 0.1) is 11.3 Å². The lowest BCUT2D eigenvalue weighted by Crippen LogP contribution is -2.40. The molecule has 1 fully saturated rings. The Hall–Kier alpha value is -1.06. The number of hydrogen-bond acceptors (Lipinski definition) is 2. The third-order valence-corrected chi connectivity index (χ3v) is 4.22. The molecule has 1 saturated carbocycles. The predicted octanol–water partition coefficient (Wildman–Crippen LogP) is 2.92. The lowest BCUT2D eigenvalue weighted by atomic mass is 9.71. The molecule has 0 aromatic rings. The molecule has 1 aliphatic carbocycles. The van der Waals surface area contributed by atoms with Gasteiger partial charge in [0.05, 0.1) is 5.41 Å². The first-order valence-corrected chi connectivity index (χ1v) is 7.35. The van der Waals surface area contributed by atoms with Crippen molar-refractivity contribution in [3.8, 4) is 0 Å². The number of amides is 1. The summed E-state index contributed by atoms with van der Waals surface area (Å²) in [6.07, 6.45) is 5.36. The van der Waals surface area contributed by atoms with Crippen molar-refractivity contribution in [3.63, 3.8) is 0 Å². The topological polar surface area (TPSA) is 57.6 Å². The highest BCUT2D eigenvalue weighted by molar-refractivity contribution is 5.85. The molecule has 19 heavy (non-hydrogen) atoms. The van der Waals surface area contributed by atoms with E-state index in [9.17, 15) is 14.7 Å². The maximum atomic E-state index is 12.2. The molecule has 0 unspecified atom stereocenters. The molecule has 1 aliphatic rings. The average Bonchev–Trinajstić information content (AvgIpc) is 2.36. The summed E-state index contributed by atoms with van der Waals surface area (Å²) in [6.45, 7) is 4.96. The molecule has 1 N–H and O–H groups in total. The molecule has 0 aromatic heterocycles. The molecule has 1 amide bonds. The molecule has 0 bridgehead atoms. The highest BCUT2D eigenvalue weighted by Gasteiger charge is 2.41. The first-order valence-electron chi connectivity index (χ1n) is 7.35. The summed E-state index contributed by atoms with van der Waals surface area (Å²) in [7, 11) is 1.78. The van der Waals surface area contributed by atoms with E-state index in [0.29, 0.717) is 25.3 Å². The first-order chi connectivity index (χ1) is 8.87. The zero-order valence-corrected chi connectivity index (χ0v) is 12.4. The second-order valence-corrected chi connectivity index (χ2v) is 6.32. The number of rotatable bonds is 6. The molecular weight excluding hydrogens is 242 g/mol. The van der Waals surface area contributed by atoms with Crippen LogP contribution in [0.3, 0.4) is 0 Å². The second kappa shape index (κ2) is 6.92. The van der Waals surface area contributed by atoms with Crippen LogP contribution < -0.4 is 0 Å². The Kier molecular flexibility index (Phi) is 5.83. The molecule has 0 saturated heterocycles. The Labute approximate surface area is 116 Å². The normalized spacial score (nSPS) is 18.3. The van der Waals surface area contributed by atoms with Gasteiger partial charge in [-0.1, -0.05) is 33.1 Å². The van der Waals surface area contributed by atoms with Gasteiger partial charge in [0.15, 0.2) is 0 Å². The van der Waals surface area contributed by atoms with Crippen molar-refractivity contribution in [2.75, 3.05) is 13.6 Å². The maximum Gasteiger partial charge on any atom is 0.310 e. The second-order valence-electron chi connectivity index (χ2n) is 6.32. The monoisotopic (exact) mass is 269 g/mol. The molecule has 1 rings (SSSR count). The van der Waals surface area contributed by atoms with Crippen molar-refractivity contribution in [2.45, 2.75) is 58.8 Å². The zero-order valence-electron chi connectivity index (χ0n) is 12.4. The number of carboxylic acid groups (broad SMARTS) is 1. The van der Waals surface area contributed by atoms with Crippen molar-refractivity contribution in [1.29, 1.82) is 0 Å². The number of hydrogen-bond donors (Lipinski definition) is 1. The standard InChI is InChI=1S/C15H27NO3/c1-12(2)7-10-16(3)13(17)11-15(14(18)19)8-5-4-6-9-15/h12H,4-11H2,1-3H3,(H,18,19). The molecule has 4 nitrogen and oxygen atoms in total. The van der Waals surface area contributed by atoms with Gasteiger partial charge in [-0.05, 0) is 25.2 Å². The van der Waals surface area contributed by atoms with Crippen LogP contribution in [0.4, 0.5) is 0 Å². The van der Waals surface area contributed by atoms with E-state index in [2.05, 4.69) is 13.8 Å². The van der Waals surface area contributed by atoms with Gasteiger partial charge in [-0.2, -0.15) is 0 Å². The Morgan fingerprint density at radius 3 is 2.26 bits per heavy atom. The van der Waals surface area contributed by atoms with Crippen LogP contribution in [0.15, 0.2) is 0 Å². The van der Waals surface area contributed by atoms with Crippen LogP contribution in [-0.2, 0) is 9.59 Å². The van der Waals surface area contributed by atoms with Crippen LogP contribution >= 0.6 is 0 Å². The smallest absolute Gasteiger partial charge is 0.310 e. The van der Waals surface area contributed by atoms with Crippen molar-refractivity contribution in [2.24, 2.45) is 11.3 Å². The van der Waals surface area contributed by atoms with E-state index in [1.807, 2.05) is 0 Å². The minimum Gasteiger partial charge on any atom is -0.481 e. The quantitative estimate of drug-likeness (QED) is 0.806. The average molecular weight is 269 g/mol. The summed E-state index contributed by atoms with van der Waals surface area (Å²) in [5.41, 5.74) is -0.804. The molecule has 0 heterocycles. The number of carbonyl (C=O) groups is 2. The van der Waals surface area contributed by atoms with Gasteiger partial charge in [0, 0.05) is 20.0 Å². The molecule has 0 aromatic carbocycles. The van der Waals surface area contributed by atoms with E-state index in [1.54, 1.807) is 11.9 Å². The van der Waals surface area contributed by atoms with Gasteiger partial charge in [0.25, 0.3) is 0 Å². The van der Waals surface area contributed by atoms with Gasteiger partial charge < -0.3 is 10.0 Å².